The first-order valence-electron chi connectivity index (χ1n) is 10.9. The first-order valence-corrected chi connectivity index (χ1v) is 11.3. The molecule has 2 aliphatic heterocycles. The molecular formula is C24H28ClN3O3. The lowest BCUT2D eigenvalue weighted by Gasteiger charge is -2.33. The van der Waals surface area contributed by atoms with Crippen molar-refractivity contribution < 1.29 is 14.3 Å². The Morgan fingerprint density at radius 2 is 1.68 bits per heavy atom. The molecule has 6 nitrogen and oxygen atoms in total. The number of ketones is 1. The van der Waals surface area contributed by atoms with Crippen molar-refractivity contribution in [2.24, 2.45) is 5.92 Å². The third-order valence-corrected chi connectivity index (χ3v) is 6.53. The predicted molar refractivity (Wildman–Crippen MR) is 121 cm³/mol. The average Bonchev–Trinajstić information content (AvgIpc) is 2.84. The molecule has 0 spiro atoms. The molecule has 3 heterocycles. The van der Waals surface area contributed by atoms with Crippen molar-refractivity contribution in [2.45, 2.75) is 32.1 Å². The molecule has 0 radical (unpaired) electrons. The molecule has 2 aromatic rings. The fourth-order valence-electron chi connectivity index (χ4n) is 4.40. The minimum absolute atomic E-state index is 0.00412. The van der Waals surface area contributed by atoms with Crippen molar-refractivity contribution in [3.05, 3.63) is 52.7 Å². The number of piperidine rings is 2. The van der Waals surface area contributed by atoms with Gasteiger partial charge in [0.05, 0.1) is 17.7 Å². The number of methoxy groups -OCH3 is 1. The number of likely N-dealkylation sites (tertiary alicyclic amines) is 1. The molecule has 7 heteroatoms. The van der Waals surface area contributed by atoms with Gasteiger partial charge in [0.25, 0.3) is 5.91 Å². The van der Waals surface area contributed by atoms with Crippen LogP contribution in [-0.2, 0) is 0 Å². The highest BCUT2D eigenvalue weighted by Gasteiger charge is 2.28. The number of hydrogen-bond donors (Lipinski definition) is 0. The van der Waals surface area contributed by atoms with Gasteiger partial charge in [-0.15, -0.1) is 0 Å². The molecule has 0 N–H and O–H groups in total. The second-order valence-electron chi connectivity index (χ2n) is 8.24. The van der Waals surface area contributed by atoms with Gasteiger partial charge in [-0.25, -0.2) is 4.98 Å². The zero-order valence-electron chi connectivity index (χ0n) is 17.8. The molecule has 0 bridgehead atoms. The number of Topliss-reactive ketones (excluding diaryl/α,β-unsaturated/α-hetero) is 1. The largest absolute Gasteiger partial charge is 0.497 e. The van der Waals surface area contributed by atoms with Crippen LogP contribution in [0.4, 0.5) is 5.82 Å². The Balaban J connectivity index is 1.38. The van der Waals surface area contributed by atoms with E-state index >= 15 is 0 Å². The Bertz CT molecular complexity index is 934. The highest BCUT2D eigenvalue weighted by atomic mass is 35.5. The lowest BCUT2D eigenvalue weighted by atomic mass is 9.89. The number of rotatable bonds is 5. The van der Waals surface area contributed by atoms with E-state index in [2.05, 4.69) is 9.88 Å². The maximum atomic E-state index is 12.8. The third-order valence-electron chi connectivity index (χ3n) is 6.25. The van der Waals surface area contributed by atoms with E-state index in [9.17, 15) is 9.59 Å². The summed E-state index contributed by atoms with van der Waals surface area (Å²) in [6, 6.07) is 9.01. The normalized spacial score (nSPS) is 17.5. The van der Waals surface area contributed by atoms with Gasteiger partial charge in [-0.1, -0.05) is 11.6 Å². The summed E-state index contributed by atoms with van der Waals surface area (Å²) < 4.78 is 5.17. The van der Waals surface area contributed by atoms with Gasteiger partial charge in [-0.3, -0.25) is 9.59 Å². The lowest BCUT2D eigenvalue weighted by molar-refractivity contribution is 0.0723. The number of hydrogen-bond acceptors (Lipinski definition) is 5. The van der Waals surface area contributed by atoms with Gasteiger partial charge in [-0.2, -0.15) is 0 Å². The van der Waals surface area contributed by atoms with Crippen molar-refractivity contribution in [3.8, 4) is 5.75 Å². The summed E-state index contributed by atoms with van der Waals surface area (Å²) in [5.74, 6) is 1.60. The maximum absolute atomic E-state index is 12.8. The summed E-state index contributed by atoms with van der Waals surface area (Å²) in [5.41, 5.74) is 1.26. The van der Waals surface area contributed by atoms with E-state index in [1.54, 1.807) is 19.4 Å². The quantitative estimate of drug-likeness (QED) is 0.640. The van der Waals surface area contributed by atoms with Gasteiger partial charge < -0.3 is 14.5 Å². The van der Waals surface area contributed by atoms with Crippen LogP contribution in [0.1, 0.15) is 52.8 Å². The van der Waals surface area contributed by atoms with Crippen LogP contribution >= 0.6 is 11.6 Å². The summed E-state index contributed by atoms with van der Waals surface area (Å²) in [6.45, 7) is 3.01. The van der Waals surface area contributed by atoms with Gasteiger partial charge >= 0.3 is 0 Å². The molecule has 4 rings (SSSR count). The van der Waals surface area contributed by atoms with E-state index in [0.717, 1.165) is 50.1 Å². The van der Waals surface area contributed by atoms with E-state index < -0.39 is 0 Å². The van der Waals surface area contributed by atoms with Gasteiger partial charge in [0, 0.05) is 43.9 Å². The molecule has 0 unspecified atom stereocenters. The first kappa shape index (κ1) is 21.6. The van der Waals surface area contributed by atoms with Crippen molar-refractivity contribution in [2.75, 3.05) is 38.2 Å². The summed E-state index contributed by atoms with van der Waals surface area (Å²) in [7, 11) is 1.61. The fraction of sp³-hybridized carbons (Fsp3) is 0.458. The van der Waals surface area contributed by atoms with Crippen molar-refractivity contribution in [3.63, 3.8) is 0 Å². The molecule has 164 valence electrons. The van der Waals surface area contributed by atoms with E-state index in [-0.39, 0.29) is 17.6 Å². The molecule has 2 fully saturated rings. The highest BCUT2D eigenvalue weighted by Crippen LogP contribution is 2.30. The van der Waals surface area contributed by atoms with Gasteiger partial charge in [0.2, 0.25) is 0 Å². The van der Waals surface area contributed by atoms with Crippen LogP contribution in [0.2, 0.25) is 5.02 Å². The minimum atomic E-state index is -0.0108. The Morgan fingerprint density at radius 3 is 2.29 bits per heavy atom. The Kier molecular flexibility index (Phi) is 6.76. The van der Waals surface area contributed by atoms with Crippen LogP contribution in [0.25, 0.3) is 0 Å². The molecule has 1 amide bonds. The van der Waals surface area contributed by atoms with E-state index in [0.29, 0.717) is 29.5 Å². The second-order valence-corrected chi connectivity index (χ2v) is 8.64. The zero-order chi connectivity index (χ0) is 21.8. The Hall–Kier alpha value is -2.60. The number of nitrogens with zero attached hydrogens (tertiary/aromatic N) is 3. The molecule has 1 aromatic carbocycles. The van der Waals surface area contributed by atoms with Crippen LogP contribution in [0.5, 0.6) is 5.75 Å². The number of carbonyl (C=O) groups is 2. The van der Waals surface area contributed by atoms with Crippen LogP contribution < -0.4 is 9.64 Å². The number of anilines is 1. The minimum Gasteiger partial charge on any atom is -0.497 e. The summed E-state index contributed by atoms with van der Waals surface area (Å²) in [5, 5.41) is 0.489. The van der Waals surface area contributed by atoms with Crippen molar-refractivity contribution in [1.29, 1.82) is 0 Å². The number of carbonyl (C=O) groups excluding carboxylic acids is 2. The number of ether oxygens (including phenoxy) is 1. The average molecular weight is 442 g/mol. The zero-order valence-corrected chi connectivity index (χ0v) is 18.6. The lowest BCUT2D eigenvalue weighted by Crippen LogP contribution is -2.37. The van der Waals surface area contributed by atoms with Crippen LogP contribution in [0.15, 0.2) is 36.5 Å². The van der Waals surface area contributed by atoms with Gasteiger partial charge in [0.15, 0.2) is 5.78 Å². The van der Waals surface area contributed by atoms with Crippen LogP contribution in [-0.4, -0.2) is 54.9 Å². The van der Waals surface area contributed by atoms with Gasteiger partial charge in [0.1, 0.15) is 11.6 Å². The molecule has 2 saturated heterocycles. The summed E-state index contributed by atoms with van der Waals surface area (Å²) >= 11 is 6.52. The number of aromatic nitrogens is 1. The summed E-state index contributed by atoms with van der Waals surface area (Å²) in [6.07, 6.45) is 6.41. The number of benzene rings is 1. The highest BCUT2D eigenvalue weighted by molar-refractivity contribution is 6.33. The smallest absolute Gasteiger partial charge is 0.255 e. The molecule has 1 aromatic heterocycles. The first-order chi connectivity index (χ1) is 15.1. The molecule has 31 heavy (non-hydrogen) atoms. The van der Waals surface area contributed by atoms with Crippen molar-refractivity contribution in [1.82, 2.24) is 9.88 Å². The topological polar surface area (TPSA) is 62.7 Å². The summed E-state index contributed by atoms with van der Waals surface area (Å²) in [4.78, 5) is 34.0. The standard InChI is InChI=1S/C24H28ClN3O3/c1-31-20-7-5-17(6-8-20)22(29)18-9-13-27(14-10-18)23-21(25)15-19(16-26-23)24(30)28-11-3-2-4-12-28/h5-8,15-16,18H,2-4,9-14H2,1H3. The molecule has 0 atom stereocenters. The second kappa shape index (κ2) is 9.69. The van der Waals surface area contributed by atoms with Crippen LogP contribution in [0, 0.1) is 5.92 Å². The predicted octanol–water partition coefficient (Wildman–Crippen LogP) is 4.47. The third kappa shape index (κ3) is 4.85. The monoisotopic (exact) mass is 441 g/mol. The molecular weight excluding hydrogens is 414 g/mol. The van der Waals surface area contributed by atoms with E-state index in [4.69, 9.17) is 16.3 Å². The SMILES string of the molecule is COc1ccc(C(=O)C2CCN(c3ncc(C(=O)N4CCCCC4)cc3Cl)CC2)cc1. The fourth-order valence-corrected chi connectivity index (χ4v) is 4.69. The van der Waals surface area contributed by atoms with Crippen LogP contribution in [0.3, 0.4) is 0 Å². The Labute approximate surface area is 188 Å². The maximum Gasteiger partial charge on any atom is 0.255 e. The molecule has 2 aliphatic rings. The van der Waals surface area contributed by atoms with Gasteiger partial charge in [-0.05, 0) is 62.4 Å². The number of halogens is 1. The molecule has 0 saturated carbocycles. The van der Waals surface area contributed by atoms with E-state index in [1.165, 1.54) is 6.42 Å². The number of pyridine rings is 1. The van der Waals surface area contributed by atoms with E-state index in [1.807, 2.05) is 29.2 Å². The van der Waals surface area contributed by atoms with Crippen molar-refractivity contribution >= 4 is 29.1 Å². The Morgan fingerprint density at radius 1 is 1.00 bits per heavy atom. The molecule has 0 aliphatic carbocycles. The number of amides is 1.